The number of fused-ring (bicyclic) bond motifs is 1. The van der Waals surface area contributed by atoms with E-state index < -0.39 is 11.8 Å². The number of H-pyrrole nitrogens is 1. The van der Waals surface area contributed by atoms with E-state index in [4.69, 9.17) is 0 Å². The number of amides is 1. The lowest BCUT2D eigenvalue weighted by Gasteiger charge is -2.08. The minimum Gasteiger partial charge on any atom is -0.366 e. The molecule has 0 fully saturated rings. The van der Waals surface area contributed by atoms with Gasteiger partial charge in [-0.2, -0.15) is 4.39 Å². The molecular weight excluding hydrogens is 390 g/mol. The van der Waals surface area contributed by atoms with Gasteiger partial charge in [-0.3, -0.25) is 9.78 Å². The van der Waals surface area contributed by atoms with Gasteiger partial charge in [0.2, 0.25) is 5.95 Å². The van der Waals surface area contributed by atoms with Crippen LogP contribution in [0.3, 0.4) is 0 Å². The summed E-state index contributed by atoms with van der Waals surface area (Å²) >= 11 is 0. The summed E-state index contributed by atoms with van der Waals surface area (Å²) in [5.74, 6) is -0.949. The summed E-state index contributed by atoms with van der Waals surface area (Å²) < 4.78 is 27.8. The molecule has 7 nitrogen and oxygen atoms in total. The van der Waals surface area contributed by atoms with Gasteiger partial charge in [0.05, 0.1) is 11.8 Å². The summed E-state index contributed by atoms with van der Waals surface area (Å²) in [5, 5.41) is 6.26. The van der Waals surface area contributed by atoms with E-state index >= 15 is 0 Å². The van der Waals surface area contributed by atoms with Gasteiger partial charge in [-0.05, 0) is 29.3 Å². The van der Waals surface area contributed by atoms with Crippen molar-refractivity contribution in [2.24, 2.45) is 0 Å². The van der Waals surface area contributed by atoms with Gasteiger partial charge >= 0.3 is 0 Å². The second-order valence-electron chi connectivity index (χ2n) is 6.70. The number of aromatic amines is 1. The van der Waals surface area contributed by atoms with Crippen LogP contribution < -0.4 is 10.6 Å². The number of carbonyl (C=O) groups is 1. The SMILES string of the molecule is CNC(=O)c1cnc2[nH]cc(Cc3ccc(NCc4cncc(F)c4)nc3F)c2c1. The molecule has 3 N–H and O–H groups in total. The standard InChI is InChI=1S/C21H18F2N6O/c1-24-21(30)15-6-17-14(9-27-20(17)28-10-15)5-13-2-3-18(29-19(13)23)26-8-12-4-16(22)11-25-7-12/h2-4,6-7,9-11H,5,8H2,1H3,(H,24,30)(H,26,29)(H,27,28). The van der Waals surface area contributed by atoms with Gasteiger partial charge in [0.25, 0.3) is 5.91 Å². The van der Waals surface area contributed by atoms with Crippen molar-refractivity contribution in [3.8, 4) is 0 Å². The second-order valence-corrected chi connectivity index (χ2v) is 6.70. The molecule has 0 radical (unpaired) electrons. The van der Waals surface area contributed by atoms with Crippen molar-refractivity contribution < 1.29 is 13.6 Å². The average Bonchev–Trinajstić information content (AvgIpc) is 3.15. The number of carbonyl (C=O) groups excluding carboxylic acids is 1. The molecule has 0 spiro atoms. The zero-order valence-corrected chi connectivity index (χ0v) is 16.0. The Hall–Kier alpha value is -3.88. The zero-order chi connectivity index (χ0) is 21.1. The third-order valence-corrected chi connectivity index (χ3v) is 4.65. The maximum atomic E-state index is 14.6. The fraction of sp³-hybridized carbons (Fsp3) is 0.143. The Bertz CT molecular complexity index is 1220. The van der Waals surface area contributed by atoms with E-state index in [2.05, 4.69) is 30.6 Å². The molecule has 4 rings (SSSR count). The van der Waals surface area contributed by atoms with Gasteiger partial charge in [-0.1, -0.05) is 6.07 Å². The normalized spacial score (nSPS) is 10.9. The van der Waals surface area contributed by atoms with E-state index in [0.717, 1.165) is 17.1 Å². The Balaban J connectivity index is 1.52. The fourth-order valence-electron chi connectivity index (χ4n) is 3.12. The Labute approximate surface area is 170 Å². The molecule has 0 aliphatic heterocycles. The van der Waals surface area contributed by atoms with Crippen LogP contribution in [0.1, 0.15) is 27.0 Å². The molecule has 4 aromatic heterocycles. The molecular formula is C21H18F2N6O. The van der Waals surface area contributed by atoms with Crippen molar-refractivity contribution in [3.63, 3.8) is 0 Å². The maximum absolute atomic E-state index is 14.6. The van der Waals surface area contributed by atoms with E-state index in [1.807, 2.05) is 0 Å². The molecule has 0 aromatic carbocycles. The van der Waals surface area contributed by atoms with Crippen LogP contribution in [-0.2, 0) is 13.0 Å². The number of rotatable bonds is 6. The van der Waals surface area contributed by atoms with Crippen LogP contribution in [0, 0.1) is 11.8 Å². The molecule has 30 heavy (non-hydrogen) atoms. The highest BCUT2D eigenvalue weighted by Gasteiger charge is 2.13. The van der Waals surface area contributed by atoms with E-state index in [0.29, 0.717) is 28.2 Å². The zero-order valence-electron chi connectivity index (χ0n) is 16.0. The van der Waals surface area contributed by atoms with Crippen molar-refractivity contribution in [3.05, 3.63) is 83.1 Å². The summed E-state index contributed by atoms with van der Waals surface area (Å²) in [7, 11) is 1.55. The fourth-order valence-corrected chi connectivity index (χ4v) is 3.12. The molecule has 4 heterocycles. The lowest BCUT2D eigenvalue weighted by atomic mass is 10.1. The number of nitrogens with one attached hydrogen (secondary N) is 3. The third kappa shape index (κ3) is 4.09. The van der Waals surface area contributed by atoms with E-state index in [9.17, 15) is 13.6 Å². The highest BCUT2D eigenvalue weighted by molar-refractivity contribution is 5.97. The van der Waals surface area contributed by atoms with Crippen LogP contribution in [0.2, 0.25) is 0 Å². The number of aromatic nitrogens is 4. The molecule has 9 heteroatoms. The minimum absolute atomic E-state index is 0.242. The van der Waals surface area contributed by atoms with Crippen LogP contribution >= 0.6 is 0 Å². The Morgan fingerprint density at radius 2 is 2.00 bits per heavy atom. The number of halogens is 2. The first-order valence-corrected chi connectivity index (χ1v) is 9.20. The molecule has 0 saturated heterocycles. The van der Waals surface area contributed by atoms with Crippen molar-refractivity contribution in [2.45, 2.75) is 13.0 Å². The lowest BCUT2D eigenvalue weighted by molar-refractivity contribution is 0.0963. The molecule has 0 atom stereocenters. The number of nitrogens with zero attached hydrogens (tertiary/aromatic N) is 3. The van der Waals surface area contributed by atoms with Crippen LogP contribution in [0.15, 0.2) is 49.1 Å². The molecule has 152 valence electrons. The Kier molecular flexibility index (Phi) is 5.34. The summed E-state index contributed by atoms with van der Waals surface area (Å²) in [6, 6.07) is 6.38. The largest absolute Gasteiger partial charge is 0.366 e. The summed E-state index contributed by atoms with van der Waals surface area (Å²) in [6.45, 7) is 0.271. The van der Waals surface area contributed by atoms with Gasteiger partial charge in [-0.25, -0.2) is 14.4 Å². The van der Waals surface area contributed by atoms with Crippen LogP contribution in [0.4, 0.5) is 14.6 Å². The molecule has 0 aliphatic carbocycles. The molecule has 0 unspecified atom stereocenters. The average molecular weight is 408 g/mol. The quantitative estimate of drug-likeness (QED) is 0.426. The highest BCUT2D eigenvalue weighted by atomic mass is 19.1. The summed E-state index contributed by atoms with van der Waals surface area (Å²) in [6.07, 6.45) is 6.16. The van der Waals surface area contributed by atoms with Crippen molar-refractivity contribution in [2.75, 3.05) is 12.4 Å². The first-order valence-electron chi connectivity index (χ1n) is 9.20. The first-order chi connectivity index (χ1) is 14.5. The topological polar surface area (TPSA) is 95.6 Å². The predicted molar refractivity (Wildman–Crippen MR) is 108 cm³/mol. The summed E-state index contributed by atoms with van der Waals surface area (Å²) in [5.41, 5.74) is 2.87. The predicted octanol–water partition coefficient (Wildman–Crippen LogP) is 3.19. The van der Waals surface area contributed by atoms with Crippen LogP contribution in [-0.4, -0.2) is 32.9 Å². The van der Waals surface area contributed by atoms with Gasteiger partial charge in [0, 0.05) is 49.6 Å². The molecule has 1 amide bonds. The van der Waals surface area contributed by atoms with Gasteiger partial charge in [-0.15, -0.1) is 0 Å². The Morgan fingerprint density at radius 1 is 1.13 bits per heavy atom. The van der Waals surface area contributed by atoms with Crippen LogP contribution in [0.5, 0.6) is 0 Å². The molecule has 0 bridgehead atoms. The lowest BCUT2D eigenvalue weighted by Crippen LogP contribution is -2.17. The van der Waals surface area contributed by atoms with Gasteiger partial charge in [0.15, 0.2) is 0 Å². The van der Waals surface area contributed by atoms with Gasteiger partial charge in [0.1, 0.15) is 17.3 Å². The van der Waals surface area contributed by atoms with E-state index in [1.54, 1.807) is 31.4 Å². The third-order valence-electron chi connectivity index (χ3n) is 4.65. The monoisotopic (exact) mass is 408 g/mol. The molecule has 0 aliphatic rings. The van der Waals surface area contributed by atoms with Gasteiger partial charge < -0.3 is 15.6 Å². The van der Waals surface area contributed by atoms with Crippen molar-refractivity contribution >= 4 is 22.8 Å². The van der Waals surface area contributed by atoms with Crippen LogP contribution in [0.25, 0.3) is 11.0 Å². The number of pyridine rings is 3. The minimum atomic E-state index is -0.609. The number of hydrogen-bond donors (Lipinski definition) is 3. The van der Waals surface area contributed by atoms with E-state index in [1.165, 1.54) is 18.5 Å². The molecule has 4 aromatic rings. The number of hydrogen-bond acceptors (Lipinski definition) is 5. The van der Waals surface area contributed by atoms with Crippen molar-refractivity contribution in [1.82, 2.24) is 25.3 Å². The first kappa shape index (κ1) is 19.4. The smallest absolute Gasteiger partial charge is 0.252 e. The second kappa shape index (κ2) is 8.24. The van der Waals surface area contributed by atoms with E-state index in [-0.39, 0.29) is 18.9 Å². The number of anilines is 1. The molecule has 0 saturated carbocycles. The summed E-state index contributed by atoms with van der Waals surface area (Å²) in [4.78, 5) is 26.9. The Morgan fingerprint density at radius 3 is 2.77 bits per heavy atom. The maximum Gasteiger partial charge on any atom is 0.252 e. The van der Waals surface area contributed by atoms with Crippen molar-refractivity contribution in [1.29, 1.82) is 0 Å². The highest BCUT2D eigenvalue weighted by Crippen LogP contribution is 2.22.